The van der Waals surface area contributed by atoms with E-state index in [1.807, 2.05) is 24.3 Å². The molecule has 182 valence electrons. The van der Waals surface area contributed by atoms with E-state index in [4.69, 9.17) is 20.3 Å². The number of likely N-dealkylation sites (tertiary alicyclic amines) is 1. The first-order chi connectivity index (χ1) is 16.2. The maximum atomic E-state index is 13.1. The zero-order valence-corrected chi connectivity index (χ0v) is 18.3. The topological polar surface area (TPSA) is 129 Å². The molecule has 0 radical (unpaired) electrons. The Morgan fingerprint density at radius 1 is 1.24 bits per heavy atom. The van der Waals surface area contributed by atoms with E-state index in [0.29, 0.717) is 17.4 Å². The van der Waals surface area contributed by atoms with Crippen molar-refractivity contribution in [1.82, 2.24) is 20.3 Å². The van der Waals surface area contributed by atoms with Crippen LogP contribution in [0.1, 0.15) is 42.5 Å². The van der Waals surface area contributed by atoms with Crippen molar-refractivity contribution < 1.29 is 27.6 Å². The average Bonchev–Trinajstić information content (AvgIpc) is 3.50. The number of carbonyl (C=O) groups excluding carboxylic acids is 1. The third kappa shape index (κ3) is 6.95. The smallest absolute Gasteiger partial charge is 0.396 e. The molecule has 9 nitrogen and oxygen atoms in total. The predicted octanol–water partition coefficient (Wildman–Crippen LogP) is 3.79. The molecule has 0 unspecified atom stereocenters. The van der Waals surface area contributed by atoms with Gasteiger partial charge in [0, 0.05) is 36.3 Å². The molecule has 1 saturated carbocycles. The number of hydrogen-bond acceptors (Lipinski definition) is 7. The summed E-state index contributed by atoms with van der Waals surface area (Å²) in [5.74, 6) is -0.161. The standard InChI is InChI=1S/C19H20N4O2.C3H5F3N2O/c20-12-22-9-7-17(8-10-22)23(16-5-6-16)19(24)15-3-1-14(2-4-15)18-11-21-13-25-18;4-3(5,6)1-2(7)8-9/h1-4,11,13,16-17H,5-10H2;9H,1H2,(H2,7,8). The highest BCUT2D eigenvalue weighted by molar-refractivity contribution is 5.95. The Balaban J connectivity index is 0.000000309. The van der Waals surface area contributed by atoms with Gasteiger partial charge >= 0.3 is 6.18 Å². The van der Waals surface area contributed by atoms with Gasteiger partial charge in [-0.25, -0.2) is 4.98 Å². The normalized spacial score (nSPS) is 16.1. The SMILES string of the molecule is N#CN1CCC(N(C(=O)c2ccc(-c3cnco3)cc2)C2CC2)CC1.N=C(CC(F)(F)F)NO. The van der Waals surface area contributed by atoms with Gasteiger partial charge in [0.25, 0.3) is 5.91 Å². The van der Waals surface area contributed by atoms with Gasteiger partial charge in [-0.1, -0.05) is 12.1 Å². The van der Waals surface area contributed by atoms with Crippen LogP contribution >= 0.6 is 0 Å². The number of benzene rings is 1. The monoisotopic (exact) mass is 478 g/mol. The summed E-state index contributed by atoms with van der Waals surface area (Å²) < 4.78 is 38.9. The van der Waals surface area contributed by atoms with Crippen molar-refractivity contribution in [2.45, 2.75) is 50.4 Å². The lowest BCUT2D eigenvalue weighted by Crippen LogP contribution is -2.47. The molecule has 3 N–H and O–H groups in total. The third-order valence-corrected chi connectivity index (χ3v) is 5.53. The molecule has 2 aromatic rings. The van der Waals surface area contributed by atoms with Gasteiger partial charge in [0.2, 0.25) is 0 Å². The molecule has 0 spiro atoms. The van der Waals surface area contributed by atoms with Crippen molar-refractivity contribution >= 4 is 11.7 Å². The average molecular weight is 478 g/mol. The van der Waals surface area contributed by atoms with E-state index in [1.165, 1.54) is 6.39 Å². The number of nitrogens with one attached hydrogen (secondary N) is 2. The summed E-state index contributed by atoms with van der Waals surface area (Å²) in [6.07, 6.45) is 3.32. The van der Waals surface area contributed by atoms with Gasteiger partial charge in [0.05, 0.1) is 6.20 Å². The zero-order chi connectivity index (χ0) is 24.7. The van der Waals surface area contributed by atoms with Crippen molar-refractivity contribution in [2.75, 3.05) is 13.1 Å². The minimum atomic E-state index is -4.42. The second kappa shape index (κ2) is 11.0. The fraction of sp³-hybridized carbons (Fsp3) is 0.455. The van der Waals surface area contributed by atoms with Crippen LogP contribution in [0, 0.1) is 16.9 Å². The molecule has 0 atom stereocenters. The first-order valence-electron chi connectivity index (χ1n) is 10.7. The Labute approximate surface area is 194 Å². The molecule has 12 heteroatoms. The number of nitrogens with zero attached hydrogens (tertiary/aromatic N) is 4. The van der Waals surface area contributed by atoms with Crippen molar-refractivity contribution in [3.63, 3.8) is 0 Å². The Kier molecular flexibility index (Phi) is 8.12. The molecule has 1 aliphatic carbocycles. The van der Waals surface area contributed by atoms with E-state index in [0.717, 1.165) is 49.8 Å². The first-order valence-corrected chi connectivity index (χ1v) is 10.7. The summed E-state index contributed by atoms with van der Waals surface area (Å²) in [4.78, 5) is 20.9. The summed E-state index contributed by atoms with van der Waals surface area (Å²) in [6.45, 7) is 1.48. The van der Waals surface area contributed by atoms with E-state index >= 15 is 0 Å². The Bertz CT molecular complexity index is 992. The highest BCUT2D eigenvalue weighted by Crippen LogP contribution is 2.33. The van der Waals surface area contributed by atoms with Crippen LogP contribution in [-0.2, 0) is 0 Å². The van der Waals surface area contributed by atoms with Gasteiger partial charge in [-0.2, -0.15) is 18.4 Å². The van der Waals surface area contributed by atoms with Crippen LogP contribution in [0.4, 0.5) is 13.2 Å². The number of hydrogen-bond donors (Lipinski definition) is 3. The Morgan fingerprint density at radius 3 is 2.29 bits per heavy atom. The predicted molar refractivity (Wildman–Crippen MR) is 115 cm³/mol. The van der Waals surface area contributed by atoms with Gasteiger partial charge in [0.1, 0.15) is 12.3 Å². The lowest BCUT2D eigenvalue weighted by atomic mass is 10.0. The van der Waals surface area contributed by atoms with Crippen LogP contribution in [0.5, 0.6) is 0 Å². The molecule has 1 amide bonds. The number of carbonyl (C=O) groups is 1. The molecule has 2 fully saturated rings. The van der Waals surface area contributed by atoms with Crippen LogP contribution in [0.2, 0.25) is 0 Å². The number of nitriles is 1. The number of aromatic nitrogens is 1. The molecule has 1 saturated heterocycles. The molecular weight excluding hydrogens is 453 g/mol. The molecule has 1 aromatic carbocycles. The molecule has 1 aliphatic heterocycles. The lowest BCUT2D eigenvalue weighted by Gasteiger charge is -2.37. The number of oxazole rings is 1. The quantitative estimate of drug-likeness (QED) is 0.258. The van der Waals surface area contributed by atoms with Crippen LogP contribution in [-0.4, -0.2) is 63.1 Å². The highest BCUT2D eigenvalue weighted by Gasteiger charge is 2.38. The van der Waals surface area contributed by atoms with E-state index < -0.39 is 18.4 Å². The number of hydroxylamine groups is 1. The van der Waals surface area contributed by atoms with Gasteiger partial charge in [-0.05, 0) is 37.8 Å². The van der Waals surface area contributed by atoms with Crippen molar-refractivity contribution in [1.29, 1.82) is 10.7 Å². The van der Waals surface area contributed by atoms with E-state index in [1.54, 1.807) is 11.1 Å². The second-order valence-electron chi connectivity index (χ2n) is 8.09. The maximum Gasteiger partial charge on any atom is 0.396 e. The van der Waals surface area contributed by atoms with E-state index in [9.17, 15) is 18.0 Å². The first kappa shape index (κ1) is 25.0. The maximum absolute atomic E-state index is 13.1. The van der Waals surface area contributed by atoms with Gasteiger partial charge in [-0.15, -0.1) is 0 Å². The van der Waals surface area contributed by atoms with Crippen molar-refractivity contribution in [3.8, 4) is 17.5 Å². The van der Waals surface area contributed by atoms with Gasteiger partial charge < -0.3 is 14.2 Å². The van der Waals surface area contributed by atoms with Gasteiger partial charge in [0.15, 0.2) is 18.3 Å². The van der Waals surface area contributed by atoms with Crippen molar-refractivity contribution in [3.05, 3.63) is 42.4 Å². The number of halogens is 3. The molecule has 2 aliphatic rings. The summed E-state index contributed by atoms with van der Waals surface area (Å²) >= 11 is 0. The summed E-state index contributed by atoms with van der Waals surface area (Å²) in [7, 11) is 0. The molecule has 4 rings (SSSR count). The van der Waals surface area contributed by atoms with Gasteiger partial charge in [-0.3, -0.25) is 20.9 Å². The third-order valence-electron chi connectivity index (χ3n) is 5.53. The number of piperidine rings is 1. The number of alkyl halides is 3. The number of amides is 1. The number of amidine groups is 1. The van der Waals surface area contributed by atoms with E-state index in [-0.39, 0.29) is 11.9 Å². The molecule has 0 bridgehead atoms. The van der Waals surface area contributed by atoms with Crippen LogP contribution < -0.4 is 5.48 Å². The fourth-order valence-electron chi connectivity index (χ4n) is 3.75. The van der Waals surface area contributed by atoms with Crippen LogP contribution in [0.3, 0.4) is 0 Å². The molecule has 2 heterocycles. The van der Waals surface area contributed by atoms with Crippen LogP contribution in [0.25, 0.3) is 11.3 Å². The largest absolute Gasteiger partial charge is 0.444 e. The summed E-state index contributed by atoms with van der Waals surface area (Å²) in [6, 6.07) is 8.12. The number of rotatable bonds is 5. The molecular formula is C22H25F3N6O3. The Hall–Kier alpha value is -3.59. The second-order valence-corrected chi connectivity index (χ2v) is 8.09. The lowest BCUT2D eigenvalue weighted by molar-refractivity contribution is -0.122. The highest BCUT2D eigenvalue weighted by atomic mass is 19.4. The molecule has 1 aromatic heterocycles. The molecule has 34 heavy (non-hydrogen) atoms. The van der Waals surface area contributed by atoms with E-state index in [2.05, 4.69) is 16.1 Å². The van der Waals surface area contributed by atoms with Crippen molar-refractivity contribution in [2.24, 2.45) is 0 Å². The summed E-state index contributed by atoms with van der Waals surface area (Å²) in [5.41, 5.74) is 2.70. The Morgan fingerprint density at radius 2 is 1.85 bits per heavy atom. The van der Waals surface area contributed by atoms with Crippen LogP contribution in [0.15, 0.2) is 41.3 Å². The zero-order valence-electron chi connectivity index (χ0n) is 18.3. The summed E-state index contributed by atoms with van der Waals surface area (Å²) in [5, 5.41) is 23.0. The minimum absolute atomic E-state index is 0.0991. The fourth-order valence-corrected chi connectivity index (χ4v) is 3.75. The minimum Gasteiger partial charge on any atom is -0.444 e.